The Hall–Kier alpha value is -2.83. The molecule has 0 saturated carbocycles. The van der Waals surface area contributed by atoms with Crippen molar-refractivity contribution in [3.63, 3.8) is 0 Å². The van der Waals surface area contributed by atoms with Gasteiger partial charge in [-0.3, -0.25) is 4.79 Å². The lowest BCUT2D eigenvalue weighted by molar-refractivity contribution is 0.0474. The van der Waals surface area contributed by atoms with E-state index in [0.717, 1.165) is 5.56 Å². The Morgan fingerprint density at radius 1 is 0.967 bits per heavy atom. The molecule has 0 saturated heterocycles. The number of carbonyl (C=O) groups is 2. The van der Waals surface area contributed by atoms with Crippen LogP contribution in [-0.4, -0.2) is 25.5 Å². The van der Waals surface area contributed by atoms with E-state index < -0.39 is 5.97 Å². The van der Waals surface area contributed by atoms with Crippen LogP contribution in [0.2, 0.25) is 5.02 Å². The van der Waals surface area contributed by atoms with Gasteiger partial charge in [-0.25, -0.2) is 4.79 Å². The number of halogens is 2. The molecule has 7 heteroatoms. The van der Waals surface area contributed by atoms with Crippen molar-refractivity contribution < 1.29 is 23.8 Å². The summed E-state index contributed by atoms with van der Waals surface area (Å²) in [6.07, 6.45) is 0. The van der Waals surface area contributed by atoms with Gasteiger partial charge in [0.1, 0.15) is 6.61 Å². The van der Waals surface area contributed by atoms with E-state index in [-0.39, 0.29) is 18.0 Å². The van der Waals surface area contributed by atoms with Crippen LogP contribution < -0.4 is 9.47 Å². The maximum Gasteiger partial charge on any atom is 0.338 e. The summed E-state index contributed by atoms with van der Waals surface area (Å²) in [5.41, 5.74) is 1.61. The van der Waals surface area contributed by atoms with E-state index in [1.165, 1.54) is 13.2 Å². The molecule has 0 amide bonds. The van der Waals surface area contributed by atoms with Crippen LogP contribution >= 0.6 is 27.5 Å². The van der Waals surface area contributed by atoms with Crippen LogP contribution in [0, 0.1) is 0 Å². The Bertz CT molecular complexity index is 1040. The van der Waals surface area contributed by atoms with Crippen molar-refractivity contribution in [1.82, 2.24) is 0 Å². The van der Waals surface area contributed by atoms with Gasteiger partial charge in [0.05, 0.1) is 17.1 Å². The molecule has 30 heavy (non-hydrogen) atoms. The van der Waals surface area contributed by atoms with E-state index in [4.69, 9.17) is 25.8 Å². The zero-order valence-corrected chi connectivity index (χ0v) is 18.4. The SMILES string of the molecule is COc1c(Br)cc(C(=O)OCC(=O)c2ccc(Cl)cc2)cc1OCc1ccccc1. The van der Waals surface area contributed by atoms with Gasteiger partial charge in [-0.2, -0.15) is 0 Å². The van der Waals surface area contributed by atoms with Crippen LogP contribution in [0.4, 0.5) is 0 Å². The highest BCUT2D eigenvalue weighted by atomic mass is 79.9. The van der Waals surface area contributed by atoms with Crippen molar-refractivity contribution in [3.05, 3.63) is 92.9 Å². The fraction of sp³-hybridized carbons (Fsp3) is 0.130. The Balaban J connectivity index is 1.71. The molecule has 0 aromatic heterocycles. The number of ether oxygens (including phenoxy) is 3. The molecule has 0 spiro atoms. The molecule has 0 unspecified atom stereocenters. The molecule has 0 bridgehead atoms. The van der Waals surface area contributed by atoms with E-state index in [1.807, 2.05) is 30.3 Å². The van der Waals surface area contributed by atoms with E-state index in [2.05, 4.69) is 15.9 Å². The maximum atomic E-state index is 12.5. The zero-order chi connectivity index (χ0) is 21.5. The normalized spacial score (nSPS) is 10.4. The Morgan fingerprint density at radius 2 is 1.67 bits per heavy atom. The topological polar surface area (TPSA) is 61.8 Å². The van der Waals surface area contributed by atoms with Crippen LogP contribution in [0.1, 0.15) is 26.3 Å². The number of Topliss-reactive ketones (excluding diaryl/α,β-unsaturated/α-hetero) is 1. The van der Waals surface area contributed by atoms with Crippen molar-refractivity contribution in [2.45, 2.75) is 6.61 Å². The highest BCUT2D eigenvalue weighted by molar-refractivity contribution is 9.10. The van der Waals surface area contributed by atoms with Crippen LogP contribution in [0.25, 0.3) is 0 Å². The lowest BCUT2D eigenvalue weighted by atomic mass is 10.1. The third-order valence-electron chi connectivity index (χ3n) is 4.19. The van der Waals surface area contributed by atoms with Crippen molar-refractivity contribution >= 4 is 39.3 Å². The maximum absolute atomic E-state index is 12.5. The number of hydrogen-bond donors (Lipinski definition) is 0. The van der Waals surface area contributed by atoms with Crippen molar-refractivity contribution in [2.24, 2.45) is 0 Å². The Morgan fingerprint density at radius 3 is 2.33 bits per heavy atom. The number of hydrogen-bond acceptors (Lipinski definition) is 5. The highest BCUT2D eigenvalue weighted by Gasteiger charge is 2.18. The minimum atomic E-state index is -0.648. The molecule has 0 radical (unpaired) electrons. The number of benzene rings is 3. The monoisotopic (exact) mass is 488 g/mol. The molecule has 0 aliphatic rings. The number of carbonyl (C=O) groups excluding carboxylic acids is 2. The predicted molar refractivity (Wildman–Crippen MR) is 118 cm³/mol. The summed E-state index contributed by atoms with van der Waals surface area (Å²) in [6, 6.07) is 19.1. The summed E-state index contributed by atoms with van der Waals surface area (Å²) < 4.78 is 16.9. The molecular weight excluding hydrogens is 472 g/mol. The first-order valence-electron chi connectivity index (χ1n) is 8.98. The minimum Gasteiger partial charge on any atom is -0.492 e. The quantitative estimate of drug-likeness (QED) is 0.299. The molecule has 5 nitrogen and oxygen atoms in total. The lowest BCUT2D eigenvalue weighted by Gasteiger charge is -2.14. The fourth-order valence-electron chi connectivity index (χ4n) is 2.66. The molecular formula is C23H18BrClO5. The van der Waals surface area contributed by atoms with Crippen molar-refractivity contribution in [2.75, 3.05) is 13.7 Å². The summed E-state index contributed by atoms with van der Waals surface area (Å²) in [6.45, 7) is -0.0818. The van der Waals surface area contributed by atoms with Gasteiger partial charge >= 0.3 is 5.97 Å². The van der Waals surface area contributed by atoms with Crippen LogP contribution in [0.5, 0.6) is 11.5 Å². The molecule has 0 fully saturated rings. The summed E-state index contributed by atoms with van der Waals surface area (Å²) in [4.78, 5) is 24.7. The van der Waals surface area contributed by atoms with Gasteiger partial charge in [-0.05, 0) is 57.9 Å². The fourth-order valence-corrected chi connectivity index (χ4v) is 3.39. The second-order valence-corrected chi connectivity index (χ2v) is 7.56. The van der Waals surface area contributed by atoms with Crippen molar-refractivity contribution in [3.8, 4) is 11.5 Å². The largest absolute Gasteiger partial charge is 0.492 e. The van der Waals surface area contributed by atoms with Gasteiger partial charge in [-0.1, -0.05) is 41.9 Å². The first kappa shape index (κ1) is 21.9. The predicted octanol–water partition coefficient (Wildman–Crippen LogP) is 5.73. The van der Waals surface area contributed by atoms with Gasteiger partial charge in [0.15, 0.2) is 23.9 Å². The molecule has 0 heterocycles. The molecule has 3 rings (SSSR count). The number of methoxy groups -OCH3 is 1. The molecule has 0 aliphatic heterocycles. The van der Waals surface area contributed by atoms with E-state index in [1.54, 1.807) is 30.3 Å². The smallest absolute Gasteiger partial charge is 0.338 e. The van der Waals surface area contributed by atoms with Crippen LogP contribution in [-0.2, 0) is 11.3 Å². The van der Waals surface area contributed by atoms with Crippen molar-refractivity contribution in [1.29, 1.82) is 0 Å². The molecule has 3 aromatic rings. The summed E-state index contributed by atoms with van der Waals surface area (Å²) >= 11 is 9.20. The van der Waals surface area contributed by atoms with Gasteiger partial charge in [0, 0.05) is 10.6 Å². The summed E-state index contributed by atoms with van der Waals surface area (Å²) in [7, 11) is 1.51. The Kier molecular flexibility index (Phi) is 7.49. The van der Waals surface area contributed by atoms with Gasteiger partial charge < -0.3 is 14.2 Å². The average molecular weight is 490 g/mol. The summed E-state index contributed by atoms with van der Waals surface area (Å²) in [5, 5.41) is 0.523. The van der Waals surface area contributed by atoms with Gasteiger partial charge in [-0.15, -0.1) is 0 Å². The number of rotatable bonds is 8. The number of esters is 1. The first-order chi connectivity index (χ1) is 14.5. The highest BCUT2D eigenvalue weighted by Crippen LogP contribution is 2.37. The molecule has 0 N–H and O–H groups in total. The third-order valence-corrected chi connectivity index (χ3v) is 5.03. The standard InChI is InChI=1S/C23H18BrClO5/c1-28-22-19(24)11-17(12-21(22)29-13-15-5-3-2-4-6-15)23(27)30-14-20(26)16-7-9-18(25)10-8-16/h2-12H,13-14H2,1H3. The molecule has 154 valence electrons. The summed E-state index contributed by atoms with van der Waals surface area (Å²) in [5.74, 6) is -0.134. The second-order valence-electron chi connectivity index (χ2n) is 6.27. The van der Waals surface area contributed by atoms with E-state index in [9.17, 15) is 9.59 Å². The van der Waals surface area contributed by atoms with Gasteiger partial charge in [0.25, 0.3) is 0 Å². The van der Waals surface area contributed by atoms with E-state index in [0.29, 0.717) is 33.2 Å². The molecule has 0 aliphatic carbocycles. The van der Waals surface area contributed by atoms with Crippen LogP contribution in [0.3, 0.4) is 0 Å². The average Bonchev–Trinajstić information content (AvgIpc) is 2.76. The zero-order valence-electron chi connectivity index (χ0n) is 16.1. The second kappa shape index (κ2) is 10.3. The van der Waals surface area contributed by atoms with E-state index >= 15 is 0 Å². The number of ketones is 1. The first-order valence-corrected chi connectivity index (χ1v) is 10.1. The van der Waals surface area contributed by atoms with Crippen LogP contribution in [0.15, 0.2) is 71.2 Å². The third kappa shape index (κ3) is 5.62. The Labute approximate surface area is 187 Å². The minimum absolute atomic E-state index is 0.231. The lowest BCUT2D eigenvalue weighted by Crippen LogP contribution is -2.14. The van der Waals surface area contributed by atoms with Gasteiger partial charge in [0.2, 0.25) is 0 Å². The molecule has 3 aromatic carbocycles. The molecule has 0 atom stereocenters.